The van der Waals surface area contributed by atoms with Gasteiger partial charge in [0.1, 0.15) is 17.8 Å². The number of hydrogen-bond donors (Lipinski definition) is 1. The van der Waals surface area contributed by atoms with Crippen LogP contribution in [0.4, 0.5) is 8.78 Å². The molecule has 1 aromatic carbocycles. The van der Waals surface area contributed by atoms with E-state index in [4.69, 9.17) is 4.74 Å². The summed E-state index contributed by atoms with van der Waals surface area (Å²) in [5.74, 6) is -3.31. The Morgan fingerprint density at radius 3 is 2.71 bits per heavy atom. The van der Waals surface area contributed by atoms with Crippen LogP contribution in [0.15, 0.2) is 29.2 Å². The molecule has 0 bridgehead atoms. The van der Waals surface area contributed by atoms with Crippen molar-refractivity contribution in [2.75, 3.05) is 24.7 Å². The van der Waals surface area contributed by atoms with Crippen molar-refractivity contribution in [3.63, 3.8) is 0 Å². The van der Waals surface area contributed by atoms with E-state index in [9.17, 15) is 28.3 Å². The van der Waals surface area contributed by atoms with E-state index in [-0.39, 0.29) is 41.9 Å². The van der Waals surface area contributed by atoms with Gasteiger partial charge < -0.3 is 14.7 Å². The number of ketones is 1. The second kappa shape index (κ2) is 9.41. The standard InChI is InChI=1S/C25H27F2N3O5/c26-16-8-6-15(19(27)12-16)7-9-20(31)18-14-30-22(24(33)23(18)32)25(34)28(13-17-4-3-11-35-17)21-5-1-2-10-29(21)30/h6,8,12,14,17,21,33H,1-5,7,9-11,13H2/t17-,21-/m0/s1. The summed E-state index contributed by atoms with van der Waals surface area (Å²) in [5.41, 5.74) is -1.20. The molecular weight excluding hydrogens is 460 g/mol. The van der Waals surface area contributed by atoms with E-state index in [0.717, 1.165) is 44.2 Å². The van der Waals surface area contributed by atoms with Gasteiger partial charge in [-0.15, -0.1) is 0 Å². The van der Waals surface area contributed by atoms with Gasteiger partial charge in [0.05, 0.1) is 11.7 Å². The number of carbonyl (C=O) groups excluding carboxylic acids is 2. The molecular formula is C25H27F2N3O5. The first-order chi connectivity index (χ1) is 16.8. The number of hydrogen-bond acceptors (Lipinski definition) is 6. The van der Waals surface area contributed by atoms with Crippen LogP contribution in [0, 0.1) is 11.6 Å². The number of aromatic hydroxyl groups is 1. The highest BCUT2D eigenvalue weighted by molar-refractivity contribution is 6.00. The fourth-order valence-corrected chi connectivity index (χ4v) is 5.25. The average molecular weight is 488 g/mol. The van der Waals surface area contributed by atoms with E-state index in [1.807, 2.05) is 5.01 Å². The maximum atomic E-state index is 14.0. The molecule has 1 aromatic heterocycles. The molecule has 5 rings (SSSR count). The second-order valence-corrected chi connectivity index (χ2v) is 9.30. The molecule has 0 aliphatic carbocycles. The Hall–Kier alpha value is -3.27. The third kappa shape index (κ3) is 4.31. The molecule has 3 aliphatic heterocycles. The maximum Gasteiger partial charge on any atom is 0.278 e. The first-order valence-electron chi connectivity index (χ1n) is 12.0. The molecule has 1 N–H and O–H groups in total. The fourth-order valence-electron chi connectivity index (χ4n) is 5.25. The summed E-state index contributed by atoms with van der Waals surface area (Å²) in [5, 5.41) is 12.7. The lowest BCUT2D eigenvalue weighted by Crippen LogP contribution is -2.64. The number of piperidine rings is 1. The molecule has 186 valence electrons. The van der Waals surface area contributed by atoms with E-state index in [1.165, 1.54) is 16.9 Å². The van der Waals surface area contributed by atoms with Crippen LogP contribution in [-0.2, 0) is 11.2 Å². The van der Waals surface area contributed by atoms with Crippen LogP contribution in [0.2, 0.25) is 0 Å². The van der Waals surface area contributed by atoms with Gasteiger partial charge in [0.2, 0.25) is 5.43 Å². The van der Waals surface area contributed by atoms with Gasteiger partial charge in [-0.3, -0.25) is 24.1 Å². The van der Waals surface area contributed by atoms with Crippen molar-refractivity contribution in [1.82, 2.24) is 9.58 Å². The smallest absolute Gasteiger partial charge is 0.278 e. The molecule has 2 atom stereocenters. The number of nitrogens with zero attached hydrogens (tertiary/aromatic N) is 3. The zero-order valence-corrected chi connectivity index (χ0v) is 19.2. The van der Waals surface area contributed by atoms with Crippen LogP contribution >= 0.6 is 0 Å². The molecule has 2 saturated heterocycles. The Labute approximate surface area is 200 Å². The van der Waals surface area contributed by atoms with Gasteiger partial charge in [-0.25, -0.2) is 8.78 Å². The minimum atomic E-state index is -0.929. The molecule has 0 saturated carbocycles. The van der Waals surface area contributed by atoms with Gasteiger partial charge in [0, 0.05) is 38.4 Å². The second-order valence-electron chi connectivity index (χ2n) is 9.30. The fraction of sp³-hybridized carbons (Fsp3) is 0.480. The topological polar surface area (TPSA) is 92.1 Å². The summed E-state index contributed by atoms with van der Waals surface area (Å²) in [6.07, 6.45) is 4.99. The zero-order chi connectivity index (χ0) is 24.7. The van der Waals surface area contributed by atoms with Crippen LogP contribution in [0.3, 0.4) is 0 Å². The van der Waals surface area contributed by atoms with Crippen molar-refractivity contribution in [3.05, 3.63) is 63.1 Å². The molecule has 0 unspecified atom stereocenters. The molecule has 3 aliphatic rings. The third-order valence-electron chi connectivity index (χ3n) is 7.07. The van der Waals surface area contributed by atoms with Gasteiger partial charge in [-0.1, -0.05) is 6.07 Å². The van der Waals surface area contributed by atoms with Crippen molar-refractivity contribution in [3.8, 4) is 5.75 Å². The third-order valence-corrected chi connectivity index (χ3v) is 7.07. The first kappa shape index (κ1) is 23.5. The summed E-state index contributed by atoms with van der Waals surface area (Å²) < 4.78 is 34.3. The Kier molecular flexibility index (Phi) is 6.31. The summed E-state index contributed by atoms with van der Waals surface area (Å²) >= 11 is 0. The minimum Gasteiger partial charge on any atom is -0.502 e. The number of ether oxygens (including phenoxy) is 1. The Balaban J connectivity index is 1.46. The van der Waals surface area contributed by atoms with Gasteiger partial charge in [-0.05, 0) is 50.2 Å². The summed E-state index contributed by atoms with van der Waals surface area (Å²) in [6, 6.07) is 3.10. The number of rotatable bonds is 6. The lowest BCUT2D eigenvalue weighted by Gasteiger charge is -2.49. The van der Waals surface area contributed by atoms with Crippen LogP contribution < -0.4 is 10.4 Å². The number of pyridine rings is 1. The summed E-state index contributed by atoms with van der Waals surface area (Å²) in [4.78, 5) is 41.0. The Morgan fingerprint density at radius 2 is 1.97 bits per heavy atom. The van der Waals surface area contributed by atoms with Crippen molar-refractivity contribution in [2.45, 2.75) is 57.2 Å². The van der Waals surface area contributed by atoms with Crippen molar-refractivity contribution in [1.29, 1.82) is 0 Å². The number of aromatic nitrogens is 1. The molecule has 1 amide bonds. The molecule has 0 spiro atoms. The van der Waals surface area contributed by atoms with E-state index in [2.05, 4.69) is 0 Å². The minimum absolute atomic E-state index is 0.0344. The molecule has 4 heterocycles. The molecule has 2 aromatic rings. The lowest BCUT2D eigenvalue weighted by atomic mass is 10.0. The lowest BCUT2D eigenvalue weighted by molar-refractivity contribution is 0.0259. The van der Waals surface area contributed by atoms with Crippen molar-refractivity contribution in [2.24, 2.45) is 0 Å². The number of carbonyl (C=O) groups is 2. The summed E-state index contributed by atoms with van der Waals surface area (Å²) in [7, 11) is 0. The molecule has 2 fully saturated rings. The highest BCUT2D eigenvalue weighted by Gasteiger charge is 2.42. The van der Waals surface area contributed by atoms with E-state index >= 15 is 0 Å². The first-order valence-corrected chi connectivity index (χ1v) is 12.0. The quantitative estimate of drug-likeness (QED) is 0.630. The Bertz CT molecular complexity index is 1220. The highest BCUT2D eigenvalue weighted by atomic mass is 19.1. The number of benzene rings is 1. The zero-order valence-electron chi connectivity index (χ0n) is 19.2. The van der Waals surface area contributed by atoms with Gasteiger partial charge in [0.15, 0.2) is 17.2 Å². The molecule has 10 heteroatoms. The van der Waals surface area contributed by atoms with E-state index in [1.54, 1.807) is 4.90 Å². The van der Waals surface area contributed by atoms with Crippen LogP contribution in [-0.4, -0.2) is 58.3 Å². The van der Waals surface area contributed by atoms with Crippen LogP contribution in [0.5, 0.6) is 5.75 Å². The predicted octanol–water partition coefficient (Wildman–Crippen LogP) is 2.73. The SMILES string of the molecule is O=C(CCc1ccc(F)cc1F)c1cn2c(c(O)c1=O)C(=O)N(C[C@@H]1CCCO1)[C@@H]1CCCCN12. The number of halogens is 2. The van der Waals surface area contributed by atoms with Crippen LogP contribution in [0.25, 0.3) is 0 Å². The summed E-state index contributed by atoms with van der Waals surface area (Å²) in [6.45, 7) is 1.61. The normalized spacial score (nSPS) is 21.7. The number of Topliss-reactive ketones (excluding diaryl/α,β-unsaturated/α-hetero) is 1. The van der Waals surface area contributed by atoms with Gasteiger partial charge in [0.25, 0.3) is 5.91 Å². The number of fused-ring (bicyclic) bond motifs is 3. The van der Waals surface area contributed by atoms with Gasteiger partial charge >= 0.3 is 0 Å². The molecule has 0 radical (unpaired) electrons. The highest BCUT2D eigenvalue weighted by Crippen LogP contribution is 2.31. The molecule has 8 nitrogen and oxygen atoms in total. The van der Waals surface area contributed by atoms with Crippen molar-refractivity contribution < 1.29 is 28.2 Å². The number of aryl methyl sites for hydroxylation is 1. The Morgan fingerprint density at radius 1 is 1.14 bits per heavy atom. The number of amides is 1. The maximum absolute atomic E-state index is 14.0. The molecule has 35 heavy (non-hydrogen) atoms. The van der Waals surface area contributed by atoms with E-state index < -0.39 is 34.5 Å². The average Bonchev–Trinajstić information content (AvgIpc) is 3.36. The monoisotopic (exact) mass is 487 g/mol. The van der Waals surface area contributed by atoms with Crippen molar-refractivity contribution >= 4 is 11.7 Å². The van der Waals surface area contributed by atoms with Crippen LogP contribution in [0.1, 0.15) is 64.9 Å². The largest absolute Gasteiger partial charge is 0.502 e. The van der Waals surface area contributed by atoms with Gasteiger partial charge in [-0.2, -0.15) is 0 Å². The van der Waals surface area contributed by atoms with E-state index in [0.29, 0.717) is 19.7 Å². The predicted molar refractivity (Wildman–Crippen MR) is 122 cm³/mol.